The zero-order valence-electron chi connectivity index (χ0n) is 20.2. The largest absolute Gasteiger partial charge is 0.493 e. The van der Waals surface area contributed by atoms with Crippen LogP contribution in [0.15, 0.2) is 48.5 Å². The van der Waals surface area contributed by atoms with Gasteiger partial charge in [-0.05, 0) is 97.2 Å². The number of anilines is 1. The van der Waals surface area contributed by atoms with Crippen LogP contribution in [0.4, 0.5) is 5.69 Å². The van der Waals surface area contributed by atoms with Gasteiger partial charge in [0.05, 0.1) is 30.3 Å². The van der Waals surface area contributed by atoms with Crippen molar-refractivity contribution in [1.82, 2.24) is 4.90 Å². The molecule has 4 rings (SSSR count). The van der Waals surface area contributed by atoms with Crippen molar-refractivity contribution in [1.29, 1.82) is 0 Å². The molecule has 0 aliphatic carbocycles. The van der Waals surface area contributed by atoms with E-state index in [0.29, 0.717) is 33.3 Å². The number of benzene rings is 3. The van der Waals surface area contributed by atoms with E-state index in [0.717, 1.165) is 41.1 Å². The minimum Gasteiger partial charge on any atom is -0.493 e. The van der Waals surface area contributed by atoms with Crippen molar-refractivity contribution in [2.75, 3.05) is 32.7 Å². The molecule has 0 saturated carbocycles. The van der Waals surface area contributed by atoms with E-state index in [4.69, 9.17) is 49.6 Å². The summed E-state index contributed by atoms with van der Waals surface area (Å²) in [4.78, 5) is 2.15. The minimum absolute atomic E-state index is 0.137. The lowest BCUT2D eigenvalue weighted by molar-refractivity contribution is 0.190. The van der Waals surface area contributed by atoms with Crippen LogP contribution in [0.1, 0.15) is 28.3 Å². The van der Waals surface area contributed by atoms with Crippen LogP contribution in [0.2, 0.25) is 10.0 Å². The maximum absolute atomic E-state index is 6.32. The summed E-state index contributed by atoms with van der Waals surface area (Å²) in [5, 5.41) is 4.86. The number of hydrogen-bond donors (Lipinski definition) is 1. The smallest absolute Gasteiger partial charge is 0.174 e. The highest BCUT2D eigenvalue weighted by Gasteiger charge is 2.31. The van der Waals surface area contributed by atoms with E-state index in [1.165, 1.54) is 5.56 Å². The summed E-state index contributed by atoms with van der Waals surface area (Å²) in [5.74, 6) is 2.22. The van der Waals surface area contributed by atoms with E-state index >= 15 is 0 Å². The second-order valence-corrected chi connectivity index (χ2v) is 9.76. The van der Waals surface area contributed by atoms with Gasteiger partial charge in [0.2, 0.25) is 0 Å². The standard InChI is InChI=1S/C27H28Cl2N2O3S/c1-16-9-17(2)11-20(10-16)34-15-24-21-14-26(33-4)25(32-3)12-18(21)7-8-31(24)27(35)30-19-5-6-22(28)23(29)13-19/h5-6,9-14,24H,7-8,15H2,1-4H3,(H,30,35). The number of fused-ring (bicyclic) bond motifs is 1. The van der Waals surface area contributed by atoms with Crippen molar-refractivity contribution in [3.8, 4) is 17.2 Å². The molecule has 1 aliphatic heterocycles. The summed E-state index contributed by atoms with van der Waals surface area (Å²) in [7, 11) is 3.29. The minimum atomic E-state index is -0.137. The molecule has 1 atom stereocenters. The quantitative estimate of drug-likeness (QED) is 0.346. The molecule has 35 heavy (non-hydrogen) atoms. The lowest BCUT2D eigenvalue weighted by Crippen LogP contribution is -2.44. The summed E-state index contributed by atoms with van der Waals surface area (Å²) < 4.78 is 17.5. The zero-order chi connectivity index (χ0) is 25.1. The Balaban J connectivity index is 1.66. The Morgan fingerprint density at radius 1 is 0.971 bits per heavy atom. The van der Waals surface area contributed by atoms with Gasteiger partial charge in [0.1, 0.15) is 12.4 Å². The van der Waals surface area contributed by atoms with E-state index in [9.17, 15) is 0 Å². The first-order valence-corrected chi connectivity index (χ1v) is 12.4. The monoisotopic (exact) mass is 530 g/mol. The van der Waals surface area contributed by atoms with Gasteiger partial charge in [-0.15, -0.1) is 0 Å². The molecule has 3 aromatic rings. The van der Waals surface area contributed by atoms with Gasteiger partial charge < -0.3 is 24.4 Å². The number of nitrogens with zero attached hydrogens (tertiary/aromatic N) is 1. The molecule has 8 heteroatoms. The van der Waals surface area contributed by atoms with Crippen molar-refractivity contribution in [3.63, 3.8) is 0 Å². The number of hydrogen-bond acceptors (Lipinski definition) is 4. The number of aryl methyl sites for hydroxylation is 2. The molecule has 0 fully saturated rings. The molecule has 5 nitrogen and oxygen atoms in total. The summed E-state index contributed by atoms with van der Waals surface area (Å²) >= 11 is 18.1. The van der Waals surface area contributed by atoms with E-state index in [-0.39, 0.29) is 6.04 Å². The van der Waals surface area contributed by atoms with Crippen LogP contribution >= 0.6 is 35.4 Å². The number of thiocarbonyl (C=S) groups is 1. The van der Waals surface area contributed by atoms with Crippen molar-refractivity contribution in [3.05, 3.63) is 80.8 Å². The van der Waals surface area contributed by atoms with Gasteiger partial charge in [-0.25, -0.2) is 0 Å². The molecule has 0 amide bonds. The highest BCUT2D eigenvalue weighted by atomic mass is 35.5. The van der Waals surface area contributed by atoms with Gasteiger partial charge in [0.25, 0.3) is 0 Å². The number of rotatable bonds is 6. The summed E-state index contributed by atoms with van der Waals surface area (Å²) in [6, 6.07) is 15.5. The Hall–Kier alpha value is -2.67. The Labute approximate surface area is 221 Å². The summed E-state index contributed by atoms with van der Waals surface area (Å²) in [5.41, 5.74) is 5.37. The SMILES string of the molecule is COc1cc2c(cc1OC)C(COc1cc(C)cc(C)c1)N(C(=S)Nc1ccc(Cl)c(Cl)c1)CC2. The predicted octanol–water partition coefficient (Wildman–Crippen LogP) is 7.00. The highest BCUT2D eigenvalue weighted by molar-refractivity contribution is 7.80. The number of nitrogens with one attached hydrogen (secondary N) is 1. The summed E-state index contributed by atoms with van der Waals surface area (Å²) in [6.45, 7) is 5.26. The molecule has 1 aliphatic rings. The topological polar surface area (TPSA) is 43.0 Å². The molecule has 1 N–H and O–H groups in total. The van der Waals surface area contributed by atoms with E-state index in [1.54, 1.807) is 26.4 Å². The van der Waals surface area contributed by atoms with Crippen molar-refractivity contribution < 1.29 is 14.2 Å². The first-order valence-electron chi connectivity index (χ1n) is 11.3. The number of methoxy groups -OCH3 is 2. The molecule has 0 aromatic heterocycles. The van der Waals surface area contributed by atoms with Crippen molar-refractivity contribution >= 4 is 46.2 Å². The third-order valence-corrected chi connectivity index (χ3v) is 7.11. The highest BCUT2D eigenvalue weighted by Crippen LogP contribution is 2.39. The molecule has 0 spiro atoms. The second-order valence-electron chi connectivity index (χ2n) is 8.56. The van der Waals surface area contributed by atoms with E-state index in [2.05, 4.69) is 30.1 Å². The molecule has 1 unspecified atom stereocenters. The fourth-order valence-electron chi connectivity index (χ4n) is 4.41. The number of halogens is 2. The Kier molecular flexibility index (Phi) is 7.95. The van der Waals surface area contributed by atoms with Crippen LogP contribution in [0.3, 0.4) is 0 Å². The Morgan fingerprint density at radius 2 is 1.66 bits per heavy atom. The first kappa shape index (κ1) is 25.4. The van der Waals surface area contributed by atoms with Crippen molar-refractivity contribution in [2.24, 2.45) is 0 Å². The molecular formula is C27H28Cl2N2O3S. The van der Waals surface area contributed by atoms with Crippen LogP contribution in [0.5, 0.6) is 17.2 Å². The fraction of sp³-hybridized carbons (Fsp3) is 0.296. The molecule has 184 valence electrons. The lowest BCUT2D eigenvalue weighted by Gasteiger charge is -2.39. The van der Waals surface area contributed by atoms with Gasteiger partial charge >= 0.3 is 0 Å². The summed E-state index contributed by atoms with van der Waals surface area (Å²) in [6.07, 6.45) is 0.804. The van der Waals surface area contributed by atoms with Gasteiger partial charge in [0, 0.05) is 12.2 Å². The molecular weight excluding hydrogens is 503 g/mol. The van der Waals surface area contributed by atoms with Crippen LogP contribution < -0.4 is 19.5 Å². The molecule has 0 bridgehead atoms. The Bertz CT molecular complexity index is 1230. The van der Waals surface area contributed by atoms with E-state index in [1.807, 2.05) is 30.3 Å². The molecule has 1 heterocycles. The first-order chi connectivity index (χ1) is 16.8. The lowest BCUT2D eigenvalue weighted by atomic mass is 9.92. The maximum atomic E-state index is 6.32. The van der Waals surface area contributed by atoms with Gasteiger partial charge in [-0.2, -0.15) is 0 Å². The van der Waals surface area contributed by atoms with Crippen LogP contribution in [-0.2, 0) is 6.42 Å². The molecule has 0 radical (unpaired) electrons. The van der Waals surface area contributed by atoms with Crippen LogP contribution in [0, 0.1) is 13.8 Å². The van der Waals surface area contributed by atoms with Crippen molar-refractivity contribution in [2.45, 2.75) is 26.3 Å². The molecule has 3 aromatic carbocycles. The maximum Gasteiger partial charge on any atom is 0.174 e. The van der Waals surface area contributed by atoms with Gasteiger partial charge in [-0.3, -0.25) is 0 Å². The fourth-order valence-corrected chi connectivity index (χ4v) is 5.05. The number of ether oxygens (including phenoxy) is 3. The van der Waals surface area contributed by atoms with Gasteiger partial charge in [0.15, 0.2) is 16.6 Å². The molecule has 0 saturated heterocycles. The van der Waals surface area contributed by atoms with Crippen LogP contribution in [0.25, 0.3) is 0 Å². The normalized spacial score (nSPS) is 14.8. The third-order valence-electron chi connectivity index (χ3n) is 6.04. The average Bonchev–Trinajstić information content (AvgIpc) is 2.83. The third kappa shape index (κ3) is 5.77. The van der Waals surface area contributed by atoms with E-state index < -0.39 is 0 Å². The Morgan fingerprint density at radius 3 is 2.31 bits per heavy atom. The second kappa shape index (κ2) is 10.9. The average molecular weight is 532 g/mol. The zero-order valence-corrected chi connectivity index (χ0v) is 22.5. The van der Waals surface area contributed by atoms with Crippen LogP contribution in [-0.4, -0.2) is 37.4 Å². The van der Waals surface area contributed by atoms with Gasteiger partial charge in [-0.1, -0.05) is 29.3 Å². The predicted molar refractivity (Wildman–Crippen MR) is 147 cm³/mol.